The van der Waals surface area contributed by atoms with Gasteiger partial charge in [-0.05, 0) is 42.7 Å². The Hall–Kier alpha value is -1.19. The maximum Gasteiger partial charge on any atom is 0.0963 e. The fourth-order valence-electron chi connectivity index (χ4n) is 3.11. The summed E-state index contributed by atoms with van der Waals surface area (Å²) in [6.45, 7) is 5.35. The summed E-state index contributed by atoms with van der Waals surface area (Å²) in [4.78, 5) is 4.91. The van der Waals surface area contributed by atoms with Crippen molar-refractivity contribution in [2.75, 3.05) is 0 Å². The molecule has 2 aromatic rings. The molecule has 0 unspecified atom stereocenters. The lowest BCUT2D eigenvalue weighted by Crippen LogP contribution is -2.20. The van der Waals surface area contributed by atoms with Crippen molar-refractivity contribution < 1.29 is 0 Å². The van der Waals surface area contributed by atoms with Gasteiger partial charge >= 0.3 is 0 Å². The van der Waals surface area contributed by atoms with Gasteiger partial charge in [0.05, 0.1) is 10.7 Å². The summed E-state index contributed by atoms with van der Waals surface area (Å²) in [7, 11) is 0. The highest BCUT2D eigenvalue weighted by Gasteiger charge is 2.29. The van der Waals surface area contributed by atoms with Crippen molar-refractivity contribution in [3.63, 3.8) is 0 Å². The minimum Gasteiger partial charge on any atom is -0.326 e. The second kappa shape index (κ2) is 5.90. The molecule has 1 heterocycles. The third-order valence-corrected chi connectivity index (χ3v) is 5.68. The van der Waals surface area contributed by atoms with Crippen LogP contribution in [0, 0.1) is 5.41 Å². The molecule has 0 aliphatic heterocycles. The quantitative estimate of drug-likeness (QED) is 0.870. The van der Waals surface area contributed by atoms with Crippen LogP contribution in [0.4, 0.5) is 0 Å². The molecule has 1 fully saturated rings. The molecule has 112 valence electrons. The molecule has 2 N–H and O–H groups in total. The first-order chi connectivity index (χ1) is 10.1. The monoisotopic (exact) mass is 300 g/mol. The molecule has 2 nitrogen and oxygen atoms in total. The van der Waals surface area contributed by atoms with Gasteiger partial charge in [-0.25, -0.2) is 4.98 Å². The van der Waals surface area contributed by atoms with E-state index >= 15 is 0 Å². The molecular weight excluding hydrogens is 276 g/mol. The second-order valence-electron chi connectivity index (χ2n) is 6.91. The van der Waals surface area contributed by atoms with Crippen LogP contribution in [0.5, 0.6) is 0 Å². The highest BCUT2D eigenvalue weighted by Crippen LogP contribution is 2.43. The van der Waals surface area contributed by atoms with Crippen molar-refractivity contribution in [3.05, 3.63) is 40.2 Å². The number of benzene rings is 1. The summed E-state index contributed by atoms with van der Waals surface area (Å²) in [5, 5.41) is 3.52. The minimum atomic E-state index is 0.520. The molecule has 0 saturated heterocycles. The fourth-order valence-corrected chi connectivity index (χ4v) is 4.11. The largest absolute Gasteiger partial charge is 0.326 e. The highest BCUT2D eigenvalue weighted by molar-refractivity contribution is 7.10. The SMILES string of the molecule is CC1(C)CCC(c2nc(-c3cccc(CN)c3)cs2)CC1. The number of nitrogens with two attached hydrogens (primary N) is 1. The van der Waals surface area contributed by atoms with Gasteiger partial charge in [0, 0.05) is 23.4 Å². The summed E-state index contributed by atoms with van der Waals surface area (Å²) in [5.74, 6) is 0.662. The van der Waals surface area contributed by atoms with Gasteiger partial charge in [0.2, 0.25) is 0 Å². The molecule has 3 rings (SSSR count). The first kappa shape index (κ1) is 14.7. The number of aromatic nitrogens is 1. The summed E-state index contributed by atoms with van der Waals surface area (Å²) < 4.78 is 0. The smallest absolute Gasteiger partial charge is 0.0963 e. The molecule has 0 atom stereocenters. The first-order valence-electron chi connectivity index (χ1n) is 7.82. The van der Waals surface area contributed by atoms with Crippen molar-refractivity contribution in [3.8, 4) is 11.3 Å². The predicted octanol–water partition coefficient (Wildman–Crippen LogP) is 4.95. The topological polar surface area (TPSA) is 38.9 Å². The van der Waals surface area contributed by atoms with Gasteiger partial charge in [0.15, 0.2) is 0 Å². The number of hydrogen-bond acceptors (Lipinski definition) is 3. The molecule has 1 aromatic heterocycles. The Morgan fingerprint density at radius 3 is 2.76 bits per heavy atom. The molecule has 1 aliphatic carbocycles. The fraction of sp³-hybridized carbons (Fsp3) is 0.500. The van der Waals surface area contributed by atoms with Crippen LogP contribution >= 0.6 is 11.3 Å². The van der Waals surface area contributed by atoms with Crippen molar-refractivity contribution in [2.45, 2.75) is 52.0 Å². The zero-order chi connectivity index (χ0) is 14.9. The molecule has 1 aromatic carbocycles. The van der Waals surface area contributed by atoms with Crippen molar-refractivity contribution in [2.24, 2.45) is 11.1 Å². The van der Waals surface area contributed by atoms with E-state index in [1.54, 1.807) is 0 Å². The molecule has 1 aliphatic rings. The van der Waals surface area contributed by atoms with E-state index < -0.39 is 0 Å². The maximum absolute atomic E-state index is 5.73. The van der Waals surface area contributed by atoms with Crippen molar-refractivity contribution >= 4 is 11.3 Å². The number of nitrogens with zero attached hydrogens (tertiary/aromatic N) is 1. The molecule has 0 radical (unpaired) electrons. The van der Waals surface area contributed by atoms with Crippen molar-refractivity contribution in [1.82, 2.24) is 4.98 Å². The van der Waals surface area contributed by atoms with Gasteiger partial charge in [0.1, 0.15) is 0 Å². The first-order valence-corrected chi connectivity index (χ1v) is 8.70. The Morgan fingerprint density at radius 1 is 1.29 bits per heavy atom. The predicted molar refractivity (Wildman–Crippen MR) is 90.4 cm³/mol. The lowest BCUT2D eigenvalue weighted by Gasteiger charge is -2.33. The number of hydrogen-bond donors (Lipinski definition) is 1. The molecule has 0 bridgehead atoms. The van der Waals surface area contributed by atoms with Crippen LogP contribution in [0.1, 0.15) is 56.0 Å². The standard InChI is InChI=1S/C18H24N2S/c1-18(2)8-6-14(7-9-18)17-20-16(12-21-17)15-5-3-4-13(10-15)11-19/h3-5,10,12,14H,6-9,11,19H2,1-2H3. The van der Waals surface area contributed by atoms with E-state index in [2.05, 4.69) is 43.5 Å². The van der Waals surface area contributed by atoms with Gasteiger partial charge in [0.25, 0.3) is 0 Å². The third-order valence-electron chi connectivity index (χ3n) is 4.67. The Balaban J connectivity index is 1.77. The zero-order valence-electron chi connectivity index (χ0n) is 12.9. The highest BCUT2D eigenvalue weighted by atomic mass is 32.1. The summed E-state index contributed by atoms with van der Waals surface area (Å²) in [5.41, 5.74) is 9.71. The van der Waals surface area contributed by atoms with E-state index in [0.717, 1.165) is 5.69 Å². The van der Waals surface area contributed by atoms with Crippen molar-refractivity contribution in [1.29, 1.82) is 0 Å². The average molecular weight is 300 g/mol. The van der Waals surface area contributed by atoms with Crippen LogP contribution in [-0.4, -0.2) is 4.98 Å². The van der Waals surface area contributed by atoms with Crippen LogP contribution in [0.3, 0.4) is 0 Å². The lowest BCUT2D eigenvalue weighted by molar-refractivity contribution is 0.224. The van der Waals surface area contributed by atoms with E-state index in [4.69, 9.17) is 10.7 Å². The Kier molecular flexibility index (Phi) is 4.14. The number of thiazole rings is 1. The van der Waals surface area contributed by atoms with Gasteiger partial charge in [-0.1, -0.05) is 32.0 Å². The minimum absolute atomic E-state index is 0.520. The summed E-state index contributed by atoms with van der Waals surface area (Å²) in [6, 6.07) is 8.42. The van der Waals surface area contributed by atoms with Crippen LogP contribution < -0.4 is 5.73 Å². The van der Waals surface area contributed by atoms with E-state index in [1.807, 2.05) is 11.3 Å². The molecule has 3 heteroatoms. The number of rotatable bonds is 3. The molecule has 21 heavy (non-hydrogen) atoms. The zero-order valence-corrected chi connectivity index (χ0v) is 13.7. The van der Waals surface area contributed by atoms with E-state index in [9.17, 15) is 0 Å². The Bertz CT molecular complexity index is 605. The average Bonchev–Trinajstić information content (AvgIpc) is 2.97. The second-order valence-corrected chi connectivity index (χ2v) is 7.80. The third kappa shape index (κ3) is 3.35. The molecule has 1 saturated carbocycles. The normalized spacial score (nSPS) is 18.8. The van der Waals surface area contributed by atoms with Crippen LogP contribution in [-0.2, 0) is 6.54 Å². The molecule has 0 spiro atoms. The Morgan fingerprint density at radius 2 is 2.05 bits per heavy atom. The lowest BCUT2D eigenvalue weighted by atomic mass is 9.73. The Labute approximate surface area is 131 Å². The van der Waals surface area contributed by atoms with E-state index in [0.29, 0.717) is 17.9 Å². The van der Waals surface area contributed by atoms with Crippen LogP contribution in [0.2, 0.25) is 0 Å². The van der Waals surface area contributed by atoms with E-state index in [-0.39, 0.29) is 0 Å². The molecular formula is C18H24N2S. The van der Waals surface area contributed by atoms with Gasteiger partial charge in [-0.3, -0.25) is 0 Å². The van der Waals surface area contributed by atoms with Crippen LogP contribution in [0.25, 0.3) is 11.3 Å². The van der Waals surface area contributed by atoms with Gasteiger partial charge in [-0.2, -0.15) is 0 Å². The van der Waals surface area contributed by atoms with Crippen LogP contribution in [0.15, 0.2) is 29.6 Å². The summed E-state index contributed by atoms with van der Waals surface area (Å²) in [6.07, 6.45) is 5.19. The van der Waals surface area contributed by atoms with Gasteiger partial charge < -0.3 is 5.73 Å². The maximum atomic E-state index is 5.73. The summed E-state index contributed by atoms with van der Waals surface area (Å²) >= 11 is 1.82. The molecule has 0 amide bonds. The van der Waals surface area contributed by atoms with Gasteiger partial charge in [-0.15, -0.1) is 11.3 Å². The van der Waals surface area contributed by atoms with E-state index in [1.165, 1.54) is 41.8 Å².